The van der Waals surface area contributed by atoms with E-state index in [-0.39, 0.29) is 11.3 Å². The lowest BCUT2D eigenvalue weighted by Crippen LogP contribution is -2.37. The second-order valence-corrected chi connectivity index (χ2v) is 5.74. The van der Waals surface area contributed by atoms with Crippen LogP contribution in [0.25, 0.3) is 0 Å². The Bertz CT molecular complexity index is 377. The van der Waals surface area contributed by atoms with Crippen molar-refractivity contribution in [2.24, 2.45) is 0 Å². The maximum atomic E-state index is 12.5. The average Bonchev–Trinajstić information content (AvgIpc) is 2.39. The summed E-state index contributed by atoms with van der Waals surface area (Å²) < 4.78 is 17.7. The summed E-state index contributed by atoms with van der Waals surface area (Å²) in [6.45, 7) is 4.10. The van der Waals surface area contributed by atoms with Gasteiger partial charge in [0.15, 0.2) is 0 Å². The maximum Gasteiger partial charge on any atom is 0.134 e. The van der Waals surface area contributed by atoms with Gasteiger partial charge in [0, 0.05) is 6.04 Å². The summed E-state index contributed by atoms with van der Waals surface area (Å²) >= 11 is 0. The smallest absolute Gasteiger partial charge is 0.134 e. The summed E-state index contributed by atoms with van der Waals surface area (Å²) in [7, 11) is 2.46. The van der Waals surface area contributed by atoms with Gasteiger partial charge < -0.3 is 10.1 Å². The number of para-hydroxylation sites is 1. The van der Waals surface area contributed by atoms with Crippen LogP contribution in [0.4, 0.5) is 0 Å². The van der Waals surface area contributed by atoms with Crippen LogP contribution in [0.1, 0.15) is 20.3 Å². The largest absolute Gasteiger partial charge is 0.495 e. The van der Waals surface area contributed by atoms with E-state index in [4.69, 9.17) is 4.74 Å². The Morgan fingerprint density at radius 1 is 1.41 bits per heavy atom. The minimum atomic E-state index is -1.06. The minimum absolute atomic E-state index is 0.0568. The van der Waals surface area contributed by atoms with Gasteiger partial charge in [0.1, 0.15) is 5.75 Å². The molecule has 0 fully saturated rings. The first-order chi connectivity index (χ1) is 8.15. The molecule has 0 aliphatic rings. The zero-order chi connectivity index (χ0) is 12.8. The zero-order valence-electron chi connectivity index (χ0n) is 10.9. The van der Waals surface area contributed by atoms with Gasteiger partial charge in [0.25, 0.3) is 0 Å². The topological polar surface area (TPSA) is 38.3 Å². The van der Waals surface area contributed by atoms with E-state index in [9.17, 15) is 4.21 Å². The standard InChI is InChI=1S/C13H21NO2S/c1-5-11(14-3)10(2)17(15)13-9-7-6-8-12(13)16-4/h6-11,14H,5H2,1-4H3. The first-order valence-electron chi connectivity index (χ1n) is 5.86. The predicted octanol–water partition coefficient (Wildman–Crippen LogP) is 2.19. The van der Waals surface area contributed by atoms with E-state index < -0.39 is 10.8 Å². The van der Waals surface area contributed by atoms with Gasteiger partial charge in [-0.15, -0.1) is 0 Å². The molecule has 0 aliphatic heterocycles. The second-order valence-electron chi connectivity index (χ2n) is 3.96. The summed E-state index contributed by atoms with van der Waals surface area (Å²) in [5.41, 5.74) is 0. The number of hydrogen-bond donors (Lipinski definition) is 1. The van der Waals surface area contributed by atoms with Gasteiger partial charge in [-0.1, -0.05) is 19.1 Å². The molecule has 3 atom stereocenters. The van der Waals surface area contributed by atoms with Crippen LogP contribution in [0.2, 0.25) is 0 Å². The van der Waals surface area contributed by atoms with Gasteiger partial charge in [-0.2, -0.15) is 0 Å². The number of benzene rings is 1. The van der Waals surface area contributed by atoms with E-state index in [0.29, 0.717) is 5.75 Å². The Kier molecular flexibility index (Phi) is 5.65. The highest BCUT2D eigenvalue weighted by atomic mass is 32.2. The van der Waals surface area contributed by atoms with E-state index in [1.807, 2.05) is 38.2 Å². The van der Waals surface area contributed by atoms with Crippen molar-refractivity contribution < 1.29 is 8.95 Å². The zero-order valence-corrected chi connectivity index (χ0v) is 11.7. The van der Waals surface area contributed by atoms with Crippen LogP contribution < -0.4 is 10.1 Å². The third-order valence-electron chi connectivity index (χ3n) is 3.00. The molecule has 0 spiro atoms. The van der Waals surface area contributed by atoms with Gasteiger partial charge >= 0.3 is 0 Å². The molecular formula is C13H21NO2S. The molecule has 3 nitrogen and oxygen atoms in total. The number of nitrogens with one attached hydrogen (secondary N) is 1. The first-order valence-corrected chi connectivity index (χ1v) is 7.07. The molecule has 1 N–H and O–H groups in total. The molecule has 0 saturated heterocycles. The lowest BCUT2D eigenvalue weighted by atomic mass is 10.2. The summed E-state index contributed by atoms with van der Waals surface area (Å²) in [5, 5.41) is 3.26. The van der Waals surface area contributed by atoms with Gasteiger partial charge in [-0.25, -0.2) is 0 Å². The van der Waals surface area contributed by atoms with E-state index in [1.54, 1.807) is 7.11 Å². The fraction of sp³-hybridized carbons (Fsp3) is 0.538. The summed E-state index contributed by atoms with van der Waals surface area (Å²) in [4.78, 5) is 0.774. The van der Waals surface area contributed by atoms with E-state index in [2.05, 4.69) is 12.2 Å². The maximum absolute atomic E-state index is 12.5. The third-order valence-corrected chi connectivity index (χ3v) is 4.78. The van der Waals surface area contributed by atoms with Crippen LogP contribution in [0.15, 0.2) is 29.2 Å². The van der Waals surface area contributed by atoms with Crippen molar-refractivity contribution in [1.82, 2.24) is 5.32 Å². The quantitative estimate of drug-likeness (QED) is 0.847. The molecule has 1 rings (SSSR count). The molecule has 4 heteroatoms. The molecule has 0 bridgehead atoms. The van der Waals surface area contributed by atoms with Gasteiger partial charge in [0.2, 0.25) is 0 Å². The van der Waals surface area contributed by atoms with Crippen molar-refractivity contribution in [3.8, 4) is 5.75 Å². The summed E-state index contributed by atoms with van der Waals surface area (Å²) in [6.07, 6.45) is 0.957. The molecular weight excluding hydrogens is 234 g/mol. The molecule has 3 unspecified atom stereocenters. The highest BCUT2D eigenvalue weighted by Gasteiger charge is 2.23. The molecule has 0 aromatic heterocycles. The summed E-state index contributed by atoms with van der Waals surface area (Å²) in [6, 6.07) is 7.75. The monoisotopic (exact) mass is 255 g/mol. The molecule has 1 aromatic carbocycles. The van der Waals surface area contributed by atoms with Crippen LogP contribution in [0.5, 0.6) is 5.75 Å². The van der Waals surface area contributed by atoms with E-state index >= 15 is 0 Å². The Hall–Kier alpha value is -0.870. The van der Waals surface area contributed by atoms with Crippen LogP contribution in [-0.2, 0) is 10.8 Å². The number of methoxy groups -OCH3 is 1. The lowest BCUT2D eigenvalue weighted by molar-refractivity contribution is 0.403. The number of hydrogen-bond acceptors (Lipinski definition) is 3. The van der Waals surface area contributed by atoms with Crippen LogP contribution in [0.3, 0.4) is 0 Å². The van der Waals surface area contributed by atoms with Crippen molar-refractivity contribution in [2.75, 3.05) is 14.2 Å². The first kappa shape index (κ1) is 14.2. The van der Waals surface area contributed by atoms with Gasteiger partial charge in [-0.3, -0.25) is 4.21 Å². The molecule has 0 saturated carbocycles. The average molecular weight is 255 g/mol. The normalized spacial score (nSPS) is 16.2. The van der Waals surface area contributed by atoms with Gasteiger partial charge in [-0.05, 0) is 32.5 Å². The molecule has 0 heterocycles. The van der Waals surface area contributed by atoms with Crippen LogP contribution in [-0.4, -0.2) is 29.7 Å². The highest BCUT2D eigenvalue weighted by Crippen LogP contribution is 2.24. The van der Waals surface area contributed by atoms with E-state index in [1.165, 1.54) is 0 Å². The SMILES string of the molecule is CCC(NC)C(C)S(=O)c1ccccc1OC. The van der Waals surface area contributed by atoms with Crippen LogP contribution in [0, 0.1) is 0 Å². The van der Waals surface area contributed by atoms with Crippen molar-refractivity contribution >= 4 is 10.8 Å². The minimum Gasteiger partial charge on any atom is -0.495 e. The van der Waals surface area contributed by atoms with Crippen LogP contribution >= 0.6 is 0 Å². The molecule has 1 aromatic rings. The Morgan fingerprint density at radius 3 is 2.59 bits per heavy atom. The van der Waals surface area contributed by atoms with Crippen molar-refractivity contribution in [3.63, 3.8) is 0 Å². The molecule has 0 amide bonds. The number of ether oxygens (including phenoxy) is 1. The van der Waals surface area contributed by atoms with E-state index in [0.717, 1.165) is 11.3 Å². The summed E-state index contributed by atoms with van der Waals surface area (Å²) in [5.74, 6) is 0.698. The van der Waals surface area contributed by atoms with Gasteiger partial charge in [0.05, 0.1) is 28.1 Å². The molecule has 0 aliphatic carbocycles. The number of rotatable bonds is 6. The Balaban J connectivity index is 2.95. The fourth-order valence-corrected chi connectivity index (χ4v) is 3.50. The van der Waals surface area contributed by atoms with Crippen molar-refractivity contribution in [1.29, 1.82) is 0 Å². The third kappa shape index (κ3) is 3.30. The second kappa shape index (κ2) is 6.77. The molecule has 0 radical (unpaired) electrons. The predicted molar refractivity (Wildman–Crippen MR) is 72.0 cm³/mol. The molecule has 17 heavy (non-hydrogen) atoms. The lowest BCUT2D eigenvalue weighted by Gasteiger charge is -2.22. The Morgan fingerprint density at radius 2 is 2.06 bits per heavy atom. The molecule has 96 valence electrons. The highest BCUT2D eigenvalue weighted by molar-refractivity contribution is 7.85. The Labute approximate surface area is 106 Å². The van der Waals surface area contributed by atoms with Crippen molar-refractivity contribution in [3.05, 3.63) is 24.3 Å². The fourth-order valence-electron chi connectivity index (χ4n) is 1.91. The van der Waals surface area contributed by atoms with Crippen molar-refractivity contribution in [2.45, 2.75) is 36.5 Å².